The highest BCUT2D eigenvalue weighted by Crippen LogP contribution is 2.39. The molecule has 0 radical (unpaired) electrons. The molecule has 1 amide bonds. The first-order valence-electron chi connectivity index (χ1n) is 10.1. The molecule has 0 saturated carbocycles. The predicted octanol–water partition coefficient (Wildman–Crippen LogP) is 4.28. The van der Waals surface area contributed by atoms with E-state index < -0.39 is 0 Å². The van der Waals surface area contributed by atoms with Gasteiger partial charge in [-0.1, -0.05) is 11.3 Å². The zero-order valence-electron chi connectivity index (χ0n) is 17.3. The third kappa shape index (κ3) is 4.08. The van der Waals surface area contributed by atoms with Gasteiger partial charge >= 0.3 is 0 Å². The van der Waals surface area contributed by atoms with Gasteiger partial charge in [-0.15, -0.1) is 11.3 Å². The number of carbonyl (C=O) groups excluding carboxylic acids is 1. The highest BCUT2D eigenvalue weighted by atomic mass is 32.1. The molecule has 7 nitrogen and oxygen atoms in total. The maximum atomic E-state index is 13.5. The molecular weight excluding hydrogens is 432 g/mol. The monoisotopic (exact) mass is 454 g/mol. The van der Waals surface area contributed by atoms with Crippen molar-refractivity contribution in [3.63, 3.8) is 0 Å². The normalized spacial score (nSPS) is 13.3. The number of thiazole rings is 2. The van der Waals surface area contributed by atoms with E-state index >= 15 is 0 Å². The molecule has 9 heteroatoms. The number of fused-ring (bicyclic) bond motifs is 3. The lowest BCUT2D eigenvalue weighted by Crippen LogP contribution is -2.33. The smallest absolute Gasteiger partial charge is 0.260 e. The van der Waals surface area contributed by atoms with Gasteiger partial charge in [0.25, 0.3) is 5.91 Å². The number of anilines is 1. The summed E-state index contributed by atoms with van der Waals surface area (Å²) < 4.78 is 13.4. The fourth-order valence-electron chi connectivity index (χ4n) is 3.54. The number of nitrogens with zero attached hydrogens (tertiary/aromatic N) is 4. The Balaban J connectivity index is 1.50. The van der Waals surface area contributed by atoms with Crippen molar-refractivity contribution in [3.05, 3.63) is 41.4 Å². The Bertz CT molecular complexity index is 1210. The zero-order chi connectivity index (χ0) is 21.4. The van der Waals surface area contributed by atoms with Crippen molar-refractivity contribution in [2.45, 2.75) is 6.42 Å². The van der Waals surface area contributed by atoms with E-state index in [1.165, 1.54) is 22.7 Å². The molecule has 0 saturated heterocycles. The molecule has 1 aliphatic rings. The van der Waals surface area contributed by atoms with Crippen molar-refractivity contribution in [2.75, 3.05) is 45.3 Å². The van der Waals surface area contributed by atoms with Crippen molar-refractivity contribution < 1.29 is 14.3 Å². The van der Waals surface area contributed by atoms with Crippen LogP contribution in [-0.4, -0.2) is 61.2 Å². The molecule has 3 heterocycles. The average molecular weight is 455 g/mol. The number of aromatic nitrogens is 2. The summed E-state index contributed by atoms with van der Waals surface area (Å²) in [6.07, 6.45) is 0.847. The fraction of sp³-hybridized carbons (Fsp3) is 0.318. The summed E-state index contributed by atoms with van der Waals surface area (Å²) in [5.74, 6) is 1.39. The second-order valence-electron chi connectivity index (χ2n) is 7.61. The maximum absolute atomic E-state index is 13.5. The Morgan fingerprint density at radius 2 is 1.84 bits per heavy atom. The second kappa shape index (κ2) is 8.41. The largest absolute Gasteiger partial charge is 0.486 e. The lowest BCUT2D eigenvalue weighted by molar-refractivity contribution is 0.0986. The summed E-state index contributed by atoms with van der Waals surface area (Å²) in [4.78, 5) is 26.5. The Hall–Kier alpha value is -2.75. The number of carbonyl (C=O) groups is 1. The van der Waals surface area contributed by atoms with E-state index in [0.717, 1.165) is 39.1 Å². The van der Waals surface area contributed by atoms with Crippen molar-refractivity contribution in [2.24, 2.45) is 0 Å². The summed E-state index contributed by atoms with van der Waals surface area (Å²) in [7, 11) is 4.07. The van der Waals surface area contributed by atoms with Crippen LogP contribution in [0.3, 0.4) is 0 Å². The lowest BCUT2D eigenvalue weighted by Gasteiger charge is -2.21. The van der Waals surface area contributed by atoms with Gasteiger partial charge in [0.1, 0.15) is 13.2 Å². The molecule has 2 aromatic carbocycles. The summed E-state index contributed by atoms with van der Waals surface area (Å²) >= 11 is 3.04. The van der Waals surface area contributed by atoms with Gasteiger partial charge < -0.3 is 14.4 Å². The number of hydrogen-bond acceptors (Lipinski definition) is 8. The first kappa shape index (κ1) is 20.2. The highest BCUT2D eigenvalue weighted by Gasteiger charge is 2.23. The quantitative estimate of drug-likeness (QED) is 0.433. The standard InChI is InChI=1S/C22H22N4O3S2/c1-25(2)6-3-7-26(21(27)14-4-5-15-19(10-14)30-13-23-15)22-24-16-11-17-18(12-20(16)31-22)29-9-8-28-17/h4-5,10-13H,3,6-9H2,1-2H3. The molecule has 0 bridgehead atoms. The third-order valence-electron chi connectivity index (χ3n) is 5.08. The van der Waals surface area contributed by atoms with E-state index in [9.17, 15) is 4.79 Å². The van der Waals surface area contributed by atoms with Crippen LogP contribution >= 0.6 is 22.7 Å². The predicted molar refractivity (Wildman–Crippen MR) is 125 cm³/mol. The first-order chi connectivity index (χ1) is 15.1. The number of rotatable bonds is 6. The van der Waals surface area contributed by atoms with E-state index in [1.54, 1.807) is 10.4 Å². The topological polar surface area (TPSA) is 67.8 Å². The number of hydrogen-bond donors (Lipinski definition) is 0. The van der Waals surface area contributed by atoms with E-state index in [4.69, 9.17) is 14.5 Å². The van der Waals surface area contributed by atoms with Crippen LogP contribution in [0.15, 0.2) is 35.8 Å². The Morgan fingerprint density at radius 3 is 2.65 bits per heavy atom. The zero-order valence-corrected chi connectivity index (χ0v) is 19.0. The lowest BCUT2D eigenvalue weighted by atomic mass is 10.2. The summed E-state index contributed by atoms with van der Waals surface area (Å²) in [6.45, 7) is 2.55. The van der Waals surface area contributed by atoms with Crippen molar-refractivity contribution in [1.29, 1.82) is 0 Å². The molecule has 0 spiro atoms. The van der Waals surface area contributed by atoms with Gasteiger partial charge in [-0.25, -0.2) is 9.97 Å². The van der Waals surface area contributed by atoms with Gasteiger partial charge in [0, 0.05) is 24.2 Å². The molecular formula is C22H22N4O3S2. The number of benzene rings is 2. The summed E-state index contributed by atoms with van der Waals surface area (Å²) in [5, 5.41) is 0.686. The Morgan fingerprint density at radius 1 is 1.03 bits per heavy atom. The molecule has 4 aromatic rings. The molecule has 2 aromatic heterocycles. The molecule has 160 valence electrons. The number of amides is 1. The van der Waals surface area contributed by atoms with E-state index in [0.29, 0.717) is 36.2 Å². The molecule has 31 heavy (non-hydrogen) atoms. The first-order valence-corrected chi connectivity index (χ1v) is 11.8. The molecule has 0 unspecified atom stereocenters. The van der Waals surface area contributed by atoms with Gasteiger partial charge in [0.15, 0.2) is 16.6 Å². The maximum Gasteiger partial charge on any atom is 0.260 e. The van der Waals surface area contributed by atoms with E-state index in [1.807, 2.05) is 44.4 Å². The second-order valence-corrected chi connectivity index (χ2v) is 9.50. The van der Waals surface area contributed by atoms with E-state index in [-0.39, 0.29) is 5.91 Å². The minimum Gasteiger partial charge on any atom is -0.486 e. The van der Waals surface area contributed by atoms with Crippen LogP contribution in [0.2, 0.25) is 0 Å². The van der Waals surface area contributed by atoms with Crippen LogP contribution in [0.5, 0.6) is 11.5 Å². The third-order valence-corrected chi connectivity index (χ3v) is 6.92. The van der Waals surface area contributed by atoms with Gasteiger partial charge in [0.2, 0.25) is 0 Å². The fourth-order valence-corrected chi connectivity index (χ4v) is 5.26. The van der Waals surface area contributed by atoms with E-state index in [2.05, 4.69) is 9.88 Å². The molecule has 5 rings (SSSR count). The Labute approximate surface area is 187 Å². The van der Waals surface area contributed by atoms with Crippen LogP contribution in [0, 0.1) is 0 Å². The minimum absolute atomic E-state index is 0.0506. The molecule has 0 fully saturated rings. The molecule has 0 aliphatic carbocycles. The van der Waals surface area contributed by atoms with Crippen molar-refractivity contribution >= 4 is 54.1 Å². The van der Waals surface area contributed by atoms with Gasteiger partial charge in [0.05, 0.1) is 25.9 Å². The van der Waals surface area contributed by atoms with Crippen LogP contribution in [0.4, 0.5) is 5.13 Å². The highest BCUT2D eigenvalue weighted by molar-refractivity contribution is 7.22. The van der Waals surface area contributed by atoms with Gasteiger partial charge in [-0.2, -0.15) is 0 Å². The van der Waals surface area contributed by atoms with Crippen LogP contribution in [0.1, 0.15) is 16.8 Å². The van der Waals surface area contributed by atoms with Crippen LogP contribution in [0.25, 0.3) is 20.4 Å². The number of ether oxygens (including phenoxy) is 2. The van der Waals surface area contributed by atoms with Gasteiger partial charge in [-0.3, -0.25) is 9.69 Å². The van der Waals surface area contributed by atoms with Gasteiger partial charge in [-0.05, 0) is 45.3 Å². The summed E-state index contributed by atoms with van der Waals surface area (Å²) in [6, 6.07) is 9.52. The molecule has 0 atom stereocenters. The van der Waals surface area contributed by atoms with Crippen LogP contribution in [-0.2, 0) is 0 Å². The van der Waals surface area contributed by atoms with Crippen molar-refractivity contribution in [3.8, 4) is 11.5 Å². The Kier molecular flexibility index (Phi) is 5.47. The average Bonchev–Trinajstić information content (AvgIpc) is 3.40. The summed E-state index contributed by atoms with van der Waals surface area (Å²) in [5.41, 5.74) is 4.17. The van der Waals surface area contributed by atoms with Crippen LogP contribution < -0.4 is 14.4 Å². The molecule has 1 aliphatic heterocycles. The minimum atomic E-state index is -0.0506. The van der Waals surface area contributed by atoms with Crippen molar-refractivity contribution in [1.82, 2.24) is 14.9 Å². The molecule has 0 N–H and O–H groups in total. The SMILES string of the molecule is CN(C)CCCN(C(=O)c1ccc2ncsc2c1)c1nc2cc3c(cc2s1)OCCO3.